The van der Waals surface area contributed by atoms with Crippen LogP contribution in [0.3, 0.4) is 0 Å². The highest BCUT2D eigenvalue weighted by molar-refractivity contribution is 9.09. The fraction of sp³-hybridized carbons (Fsp3) is 1.00. The monoisotopic (exact) mass is 289 g/mol. The first-order valence-corrected chi connectivity index (χ1v) is 7.76. The lowest BCUT2D eigenvalue weighted by Gasteiger charge is -2.36. The van der Waals surface area contributed by atoms with Gasteiger partial charge in [0.05, 0.1) is 0 Å². The molecule has 0 bridgehead atoms. The van der Waals surface area contributed by atoms with Gasteiger partial charge in [0, 0.05) is 24.5 Å². The molecule has 0 aromatic carbocycles. The number of alkyl halides is 1. The average Bonchev–Trinajstić information content (AvgIpc) is 2.92. The van der Waals surface area contributed by atoms with Crippen molar-refractivity contribution in [1.82, 2.24) is 4.90 Å². The van der Waals surface area contributed by atoms with Gasteiger partial charge in [-0.2, -0.15) is 0 Å². The van der Waals surface area contributed by atoms with Gasteiger partial charge in [-0.15, -0.1) is 0 Å². The Bertz CT molecular complexity index is 203. The van der Waals surface area contributed by atoms with Gasteiger partial charge >= 0.3 is 0 Å². The molecule has 0 aromatic heterocycles. The highest BCUT2D eigenvalue weighted by Gasteiger charge is 2.30. The Morgan fingerprint density at radius 1 is 1.25 bits per heavy atom. The molecule has 1 saturated carbocycles. The molecule has 16 heavy (non-hydrogen) atoms. The summed E-state index contributed by atoms with van der Waals surface area (Å²) < 4.78 is 0. The van der Waals surface area contributed by atoms with Gasteiger partial charge in [0.2, 0.25) is 0 Å². The second-order valence-corrected chi connectivity index (χ2v) is 7.36. The van der Waals surface area contributed by atoms with E-state index in [2.05, 4.69) is 55.4 Å². The van der Waals surface area contributed by atoms with Crippen LogP contribution < -0.4 is 0 Å². The van der Waals surface area contributed by atoms with Gasteiger partial charge in [-0.1, -0.05) is 36.7 Å². The van der Waals surface area contributed by atoms with E-state index in [1.54, 1.807) is 0 Å². The lowest BCUT2D eigenvalue weighted by molar-refractivity contribution is 0.134. The van der Waals surface area contributed by atoms with Crippen molar-refractivity contribution in [1.29, 1.82) is 0 Å². The van der Waals surface area contributed by atoms with E-state index in [0.29, 0.717) is 11.5 Å². The molecule has 0 amide bonds. The maximum Gasteiger partial charge on any atom is 0.00768 e. The molecule has 96 valence electrons. The topological polar surface area (TPSA) is 3.24 Å². The highest BCUT2D eigenvalue weighted by Crippen LogP contribution is 2.33. The first kappa shape index (κ1) is 14.5. The van der Waals surface area contributed by atoms with Crippen LogP contribution in [0.25, 0.3) is 0 Å². The van der Waals surface area contributed by atoms with Gasteiger partial charge in [-0.25, -0.2) is 0 Å². The molecule has 2 heteroatoms. The molecule has 0 radical (unpaired) electrons. The van der Waals surface area contributed by atoms with E-state index in [0.717, 1.165) is 17.2 Å². The zero-order valence-electron chi connectivity index (χ0n) is 11.6. The summed E-state index contributed by atoms with van der Waals surface area (Å²) in [6, 6.07) is 0.685. The Morgan fingerprint density at radius 3 is 2.12 bits per heavy atom. The molecule has 1 rings (SSSR count). The van der Waals surface area contributed by atoms with Crippen LogP contribution in [0.5, 0.6) is 0 Å². The predicted molar refractivity (Wildman–Crippen MR) is 76.2 cm³/mol. The maximum absolute atomic E-state index is 3.68. The number of hydrogen-bond donors (Lipinski definition) is 0. The SMILES string of the molecule is CC(C)N(CC1CC1)CC(CBr)C(C)(C)C. The second kappa shape index (κ2) is 5.86. The van der Waals surface area contributed by atoms with E-state index >= 15 is 0 Å². The molecule has 1 unspecified atom stereocenters. The van der Waals surface area contributed by atoms with E-state index in [1.807, 2.05) is 0 Å². The molecule has 0 N–H and O–H groups in total. The standard InChI is InChI=1S/C14H28BrN/c1-11(2)16(9-12-6-7-12)10-13(8-15)14(3,4)5/h11-13H,6-10H2,1-5H3. The molecule has 1 atom stereocenters. The summed E-state index contributed by atoms with van der Waals surface area (Å²) in [5.74, 6) is 1.74. The molecule has 0 aromatic rings. The zero-order valence-corrected chi connectivity index (χ0v) is 13.2. The first-order valence-electron chi connectivity index (χ1n) is 6.64. The van der Waals surface area contributed by atoms with E-state index in [4.69, 9.17) is 0 Å². The number of nitrogens with zero attached hydrogens (tertiary/aromatic N) is 1. The van der Waals surface area contributed by atoms with Crippen molar-refractivity contribution >= 4 is 15.9 Å². The van der Waals surface area contributed by atoms with Crippen molar-refractivity contribution in [2.75, 3.05) is 18.4 Å². The van der Waals surface area contributed by atoms with Gasteiger partial charge in [0.15, 0.2) is 0 Å². The number of halogens is 1. The molecule has 1 fully saturated rings. The minimum Gasteiger partial charge on any atom is -0.300 e. The van der Waals surface area contributed by atoms with Crippen LogP contribution in [0.1, 0.15) is 47.5 Å². The minimum absolute atomic E-state index is 0.403. The van der Waals surface area contributed by atoms with Crippen LogP contribution in [0.2, 0.25) is 0 Å². The molecular weight excluding hydrogens is 262 g/mol. The fourth-order valence-electron chi connectivity index (χ4n) is 1.97. The van der Waals surface area contributed by atoms with Gasteiger partial charge in [0.1, 0.15) is 0 Å². The van der Waals surface area contributed by atoms with E-state index in [9.17, 15) is 0 Å². The lowest BCUT2D eigenvalue weighted by atomic mass is 9.81. The van der Waals surface area contributed by atoms with Crippen LogP contribution in [-0.2, 0) is 0 Å². The zero-order chi connectivity index (χ0) is 12.3. The summed E-state index contributed by atoms with van der Waals surface area (Å²) in [6.45, 7) is 14.3. The maximum atomic E-state index is 3.68. The van der Waals surface area contributed by atoms with Gasteiger partial charge in [0.25, 0.3) is 0 Å². The molecule has 0 aliphatic heterocycles. The molecule has 1 aliphatic rings. The highest BCUT2D eigenvalue weighted by atomic mass is 79.9. The molecule has 1 aliphatic carbocycles. The second-order valence-electron chi connectivity index (χ2n) is 6.71. The lowest BCUT2D eigenvalue weighted by Crippen LogP contribution is -2.41. The smallest absolute Gasteiger partial charge is 0.00768 e. The Labute approximate surface area is 110 Å². The normalized spacial score (nSPS) is 19.5. The third-order valence-electron chi connectivity index (χ3n) is 3.79. The molecule has 0 saturated heterocycles. The first-order chi connectivity index (χ1) is 7.34. The third kappa shape index (κ3) is 4.75. The van der Waals surface area contributed by atoms with Crippen LogP contribution in [0.15, 0.2) is 0 Å². The van der Waals surface area contributed by atoms with Gasteiger partial charge < -0.3 is 4.90 Å². The van der Waals surface area contributed by atoms with Crippen LogP contribution in [0.4, 0.5) is 0 Å². The largest absolute Gasteiger partial charge is 0.300 e. The van der Waals surface area contributed by atoms with Crippen molar-refractivity contribution < 1.29 is 0 Å². The Balaban J connectivity index is 2.50. The summed E-state index contributed by atoms with van der Waals surface area (Å²) in [4.78, 5) is 2.68. The van der Waals surface area contributed by atoms with Crippen LogP contribution in [0, 0.1) is 17.3 Å². The Hall–Kier alpha value is 0.440. The van der Waals surface area contributed by atoms with E-state index < -0.39 is 0 Å². The fourth-order valence-corrected chi connectivity index (χ4v) is 3.14. The summed E-state index contributed by atoms with van der Waals surface area (Å²) in [5, 5.41) is 1.12. The predicted octanol–water partition coefficient (Wildman–Crippen LogP) is 4.16. The van der Waals surface area contributed by atoms with Crippen molar-refractivity contribution in [2.24, 2.45) is 17.3 Å². The third-order valence-corrected chi connectivity index (χ3v) is 4.57. The minimum atomic E-state index is 0.403. The van der Waals surface area contributed by atoms with E-state index in [-0.39, 0.29) is 0 Å². The van der Waals surface area contributed by atoms with Gasteiger partial charge in [-0.3, -0.25) is 0 Å². The van der Waals surface area contributed by atoms with Crippen molar-refractivity contribution in [2.45, 2.75) is 53.5 Å². The number of hydrogen-bond acceptors (Lipinski definition) is 1. The Kier molecular flexibility index (Phi) is 5.31. The summed E-state index contributed by atoms with van der Waals surface area (Å²) in [6.07, 6.45) is 2.91. The van der Waals surface area contributed by atoms with Crippen LogP contribution in [-0.4, -0.2) is 29.4 Å². The van der Waals surface area contributed by atoms with E-state index in [1.165, 1.54) is 25.9 Å². The van der Waals surface area contributed by atoms with Crippen molar-refractivity contribution in [3.05, 3.63) is 0 Å². The summed E-state index contributed by atoms with van der Waals surface area (Å²) in [7, 11) is 0. The summed E-state index contributed by atoms with van der Waals surface area (Å²) in [5.41, 5.74) is 0.403. The number of rotatable bonds is 6. The Morgan fingerprint density at radius 2 is 1.81 bits per heavy atom. The molecule has 0 heterocycles. The molecule has 1 nitrogen and oxygen atoms in total. The molecular formula is C14H28BrN. The quantitative estimate of drug-likeness (QED) is 0.664. The van der Waals surface area contributed by atoms with Crippen LogP contribution >= 0.6 is 15.9 Å². The van der Waals surface area contributed by atoms with Crippen molar-refractivity contribution in [3.8, 4) is 0 Å². The summed E-state index contributed by atoms with van der Waals surface area (Å²) >= 11 is 3.68. The average molecular weight is 290 g/mol. The molecule has 0 spiro atoms. The van der Waals surface area contributed by atoms with Crippen molar-refractivity contribution in [3.63, 3.8) is 0 Å². The van der Waals surface area contributed by atoms with Gasteiger partial charge in [-0.05, 0) is 43.9 Å².